The van der Waals surface area contributed by atoms with E-state index in [0.29, 0.717) is 15.6 Å². The van der Waals surface area contributed by atoms with Crippen LogP contribution >= 0.6 is 23.2 Å². The van der Waals surface area contributed by atoms with E-state index in [0.717, 1.165) is 16.8 Å². The molecule has 0 spiro atoms. The van der Waals surface area contributed by atoms with Crippen molar-refractivity contribution in [2.24, 2.45) is 0 Å². The molecule has 0 aromatic heterocycles. The third-order valence-corrected chi connectivity index (χ3v) is 3.77. The molecule has 0 aliphatic carbocycles. The van der Waals surface area contributed by atoms with Gasteiger partial charge in [0.2, 0.25) is 5.91 Å². The Bertz CT molecular complexity index is 633. The Morgan fingerprint density at radius 3 is 2.40 bits per heavy atom. The van der Waals surface area contributed by atoms with Gasteiger partial charge in [0, 0.05) is 15.7 Å². The minimum absolute atomic E-state index is 0.131. The van der Waals surface area contributed by atoms with Gasteiger partial charge in [-0.15, -0.1) is 0 Å². The summed E-state index contributed by atoms with van der Waals surface area (Å²) in [7, 11) is 0. The minimum atomic E-state index is -0.131. The van der Waals surface area contributed by atoms with Crippen molar-refractivity contribution in [1.29, 1.82) is 0 Å². The Labute approximate surface area is 128 Å². The highest BCUT2D eigenvalue weighted by Gasteiger charge is 2.11. The number of carbonyl (C=O) groups is 1. The van der Waals surface area contributed by atoms with E-state index < -0.39 is 0 Å². The summed E-state index contributed by atoms with van der Waals surface area (Å²) in [5.74, 6) is -0.131. The summed E-state index contributed by atoms with van der Waals surface area (Å²) in [5.41, 5.74) is 3.59. The van der Waals surface area contributed by atoms with E-state index in [9.17, 15) is 4.79 Å². The van der Waals surface area contributed by atoms with Crippen LogP contribution in [0.25, 0.3) is 0 Å². The standard InChI is InChI=1S/C16H15Cl2NO/c1-10-6-7-11(2)15(8-10)19-16(20)9-12-13(17)4-3-5-14(12)18/h3-8H,9H2,1-2H3,(H,19,20). The van der Waals surface area contributed by atoms with E-state index in [1.807, 2.05) is 32.0 Å². The quantitative estimate of drug-likeness (QED) is 0.867. The molecule has 1 amide bonds. The molecule has 20 heavy (non-hydrogen) atoms. The Morgan fingerprint density at radius 2 is 1.75 bits per heavy atom. The molecular weight excluding hydrogens is 293 g/mol. The van der Waals surface area contributed by atoms with Crippen molar-refractivity contribution in [2.45, 2.75) is 20.3 Å². The van der Waals surface area contributed by atoms with E-state index in [1.54, 1.807) is 18.2 Å². The van der Waals surface area contributed by atoms with Gasteiger partial charge in [0.05, 0.1) is 6.42 Å². The second-order valence-corrected chi connectivity index (χ2v) is 5.56. The molecule has 2 aromatic rings. The molecule has 0 bridgehead atoms. The van der Waals surface area contributed by atoms with Crippen LogP contribution in [0.4, 0.5) is 5.69 Å². The van der Waals surface area contributed by atoms with Gasteiger partial charge >= 0.3 is 0 Å². The summed E-state index contributed by atoms with van der Waals surface area (Å²) < 4.78 is 0. The van der Waals surface area contributed by atoms with Gasteiger partial charge in [-0.1, -0.05) is 41.4 Å². The zero-order valence-electron chi connectivity index (χ0n) is 11.3. The zero-order chi connectivity index (χ0) is 14.7. The number of hydrogen-bond acceptors (Lipinski definition) is 1. The maximum absolute atomic E-state index is 12.1. The molecule has 0 heterocycles. The third-order valence-electron chi connectivity index (χ3n) is 3.07. The number of rotatable bonds is 3. The highest BCUT2D eigenvalue weighted by atomic mass is 35.5. The minimum Gasteiger partial charge on any atom is -0.326 e. The number of aryl methyl sites for hydroxylation is 2. The van der Waals surface area contributed by atoms with Crippen LogP contribution in [0.3, 0.4) is 0 Å². The molecule has 104 valence electrons. The average molecular weight is 308 g/mol. The number of carbonyl (C=O) groups excluding carboxylic acids is 1. The van der Waals surface area contributed by atoms with Gasteiger partial charge < -0.3 is 5.32 Å². The summed E-state index contributed by atoms with van der Waals surface area (Å²) in [5, 5.41) is 3.91. The largest absolute Gasteiger partial charge is 0.326 e. The first-order chi connectivity index (χ1) is 9.47. The van der Waals surface area contributed by atoms with E-state index in [-0.39, 0.29) is 12.3 Å². The number of benzene rings is 2. The topological polar surface area (TPSA) is 29.1 Å². The van der Waals surface area contributed by atoms with Crippen molar-refractivity contribution in [1.82, 2.24) is 0 Å². The van der Waals surface area contributed by atoms with Crippen LogP contribution in [0.1, 0.15) is 16.7 Å². The summed E-state index contributed by atoms with van der Waals surface area (Å²) in [6.45, 7) is 3.94. The van der Waals surface area contributed by atoms with Crippen molar-refractivity contribution in [3.63, 3.8) is 0 Å². The van der Waals surface area contributed by atoms with Crippen LogP contribution < -0.4 is 5.32 Å². The third kappa shape index (κ3) is 3.53. The summed E-state index contributed by atoms with van der Waals surface area (Å²) >= 11 is 12.1. The van der Waals surface area contributed by atoms with Crippen LogP contribution in [0.2, 0.25) is 10.0 Å². The van der Waals surface area contributed by atoms with Gasteiger partial charge in [0.25, 0.3) is 0 Å². The second kappa shape index (κ2) is 6.29. The molecule has 2 nitrogen and oxygen atoms in total. The van der Waals surface area contributed by atoms with Gasteiger partial charge in [0.15, 0.2) is 0 Å². The second-order valence-electron chi connectivity index (χ2n) is 4.74. The van der Waals surface area contributed by atoms with Crippen molar-refractivity contribution in [3.8, 4) is 0 Å². The highest BCUT2D eigenvalue weighted by molar-refractivity contribution is 6.36. The highest BCUT2D eigenvalue weighted by Crippen LogP contribution is 2.25. The maximum atomic E-state index is 12.1. The molecule has 0 saturated carbocycles. The average Bonchev–Trinajstić information content (AvgIpc) is 2.38. The molecule has 0 atom stereocenters. The van der Waals surface area contributed by atoms with E-state index in [2.05, 4.69) is 5.32 Å². The van der Waals surface area contributed by atoms with Gasteiger partial charge in [0.1, 0.15) is 0 Å². The molecule has 2 rings (SSSR count). The molecule has 0 fully saturated rings. The molecule has 1 N–H and O–H groups in total. The van der Waals surface area contributed by atoms with Crippen LogP contribution in [-0.4, -0.2) is 5.91 Å². The first-order valence-electron chi connectivity index (χ1n) is 6.27. The summed E-state index contributed by atoms with van der Waals surface area (Å²) in [6.07, 6.45) is 0.159. The fraction of sp³-hybridized carbons (Fsp3) is 0.188. The normalized spacial score (nSPS) is 10.4. The predicted octanol–water partition coefficient (Wildman–Crippen LogP) is 4.79. The van der Waals surface area contributed by atoms with Crippen LogP contribution in [0, 0.1) is 13.8 Å². The lowest BCUT2D eigenvalue weighted by Crippen LogP contribution is -2.15. The number of anilines is 1. The first-order valence-corrected chi connectivity index (χ1v) is 7.03. The van der Waals surface area contributed by atoms with Gasteiger partial charge in [-0.2, -0.15) is 0 Å². The lowest BCUT2D eigenvalue weighted by atomic mass is 10.1. The van der Waals surface area contributed by atoms with Crippen LogP contribution in [0.5, 0.6) is 0 Å². The lowest BCUT2D eigenvalue weighted by molar-refractivity contribution is -0.115. The monoisotopic (exact) mass is 307 g/mol. The van der Waals surface area contributed by atoms with Crippen molar-refractivity contribution < 1.29 is 4.79 Å². The molecule has 0 unspecified atom stereocenters. The Hall–Kier alpha value is -1.51. The van der Waals surface area contributed by atoms with E-state index >= 15 is 0 Å². The van der Waals surface area contributed by atoms with Gasteiger partial charge in [-0.25, -0.2) is 0 Å². The smallest absolute Gasteiger partial charge is 0.228 e. The van der Waals surface area contributed by atoms with Crippen LogP contribution in [0.15, 0.2) is 36.4 Å². The molecule has 2 aromatic carbocycles. The van der Waals surface area contributed by atoms with Crippen molar-refractivity contribution >= 4 is 34.8 Å². The van der Waals surface area contributed by atoms with E-state index in [1.165, 1.54) is 0 Å². The van der Waals surface area contributed by atoms with Gasteiger partial charge in [-0.05, 0) is 48.7 Å². The SMILES string of the molecule is Cc1ccc(C)c(NC(=O)Cc2c(Cl)cccc2Cl)c1. The molecule has 0 aliphatic rings. The predicted molar refractivity (Wildman–Crippen MR) is 84.7 cm³/mol. The molecule has 0 aliphatic heterocycles. The van der Waals surface area contributed by atoms with E-state index in [4.69, 9.17) is 23.2 Å². The first kappa shape index (κ1) is 14.9. The number of nitrogens with one attached hydrogen (secondary N) is 1. The fourth-order valence-electron chi connectivity index (χ4n) is 1.93. The Morgan fingerprint density at radius 1 is 1.10 bits per heavy atom. The molecule has 0 saturated heterocycles. The molecule has 0 radical (unpaired) electrons. The molecular formula is C16H15Cl2NO. The maximum Gasteiger partial charge on any atom is 0.228 e. The molecule has 4 heteroatoms. The van der Waals surface area contributed by atoms with Crippen molar-refractivity contribution in [3.05, 3.63) is 63.1 Å². The number of hydrogen-bond donors (Lipinski definition) is 1. The van der Waals surface area contributed by atoms with Crippen molar-refractivity contribution in [2.75, 3.05) is 5.32 Å². The fourth-order valence-corrected chi connectivity index (χ4v) is 2.46. The Balaban J connectivity index is 2.15. The van der Waals surface area contributed by atoms with Gasteiger partial charge in [-0.3, -0.25) is 4.79 Å². The summed E-state index contributed by atoms with van der Waals surface area (Å²) in [4.78, 5) is 12.1. The zero-order valence-corrected chi connectivity index (χ0v) is 12.8. The number of halogens is 2. The number of amides is 1. The summed E-state index contributed by atoms with van der Waals surface area (Å²) in [6, 6.07) is 11.2. The lowest BCUT2D eigenvalue weighted by Gasteiger charge is -2.11. The Kier molecular flexibility index (Phi) is 4.69. The van der Waals surface area contributed by atoms with Crippen LogP contribution in [-0.2, 0) is 11.2 Å².